The van der Waals surface area contributed by atoms with Crippen molar-refractivity contribution in [1.29, 1.82) is 0 Å². The first-order chi connectivity index (χ1) is 9.99. The second kappa shape index (κ2) is 6.04. The number of aromatic hydroxyl groups is 1. The Kier molecular flexibility index (Phi) is 4.18. The number of rotatable bonds is 4. The van der Waals surface area contributed by atoms with Gasteiger partial charge in [0.15, 0.2) is 0 Å². The summed E-state index contributed by atoms with van der Waals surface area (Å²) in [5.41, 5.74) is 0.465. The van der Waals surface area contributed by atoms with Crippen LogP contribution in [0.3, 0.4) is 0 Å². The van der Waals surface area contributed by atoms with E-state index in [0.717, 1.165) is 17.7 Å². The number of nitrogens with zero attached hydrogens (tertiary/aromatic N) is 2. The summed E-state index contributed by atoms with van der Waals surface area (Å²) in [5.74, 6) is -0.696. The van der Waals surface area contributed by atoms with Crippen molar-refractivity contribution in [3.8, 4) is 5.75 Å². The van der Waals surface area contributed by atoms with E-state index in [1.165, 1.54) is 11.0 Å². The molecule has 2 aromatic rings. The number of carbonyl (C=O) groups is 1. The average molecular weight is 286 g/mol. The molecular weight excluding hydrogens is 272 g/mol. The summed E-state index contributed by atoms with van der Waals surface area (Å²) in [6.07, 6.45) is 0. The molecule has 6 nitrogen and oxygen atoms in total. The van der Waals surface area contributed by atoms with Gasteiger partial charge in [-0.05, 0) is 17.7 Å². The first kappa shape index (κ1) is 14.5. The Morgan fingerprint density at radius 2 is 1.90 bits per heavy atom. The summed E-state index contributed by atoms with van der Waals surface area (Å²) in [6, 6.07) is 12.7. The van der Waals surface area contributed by atoms with Crippen LogP contribution in [0.15, 0.2) is 48.5 Å². The van der Waals surface area contributed by atoms with Gasteiger partial charge in [0.05, 0.1) is 4.92 Å². The van der Waals surface area contributed by atoms with Gasteiger partial charge in [0, 0.05) is 19.7 Å². The fourth-order valence-corrected chi connectivity index (χ4v) is 1.99. The van der Waals surface area contributed by atoms with E-state index in [2.05, 4.69) is 0 Å². The number of phenolic OH excluding ortho intramolecular Hbond substituents is 1. The lowest BCUT2D eigenvalue weighted by atomic mass is 10.1. The van der Waals surface area contributed by atoms with Crippen LogP contribution < -0.4 is 0 Å². The fourth-order valence-electron chi connectivity index (χ4n) is 1.99. The summed E-state index contributed by atoms with van der Waals surface area (Å²) >= 11 is 0. The molecule has 21 heavy (non-hydrogen) atoms. The number of benzene rings is 2. The smallest absolute Gasteiger partial charge is 0.282 e. The van der Waals surface area contributed by atoms with Crippen LogP contribution in [0.25, 0.3) is 0 Å². The molecule has 1 N–H and O–H groups in total. The summed E-state index contributed by atoms with van der Waals surface area (Å²) in [7, 11) is 1.56. The molecule has 0 fully saturated rings. The molecule has 0 unspecified atom stereocenters. The Bertz CT molecular complexity index is 671. The number of phenols is 1. The molecule has 0 aromatic heterocycles. The van der Waals surface area contributed by atoms with Crippen LogP contribution in [0.1, 0.15) is 15.9 Å². The Morgan fingerprint density at radius 3 is 2.52 bits per heavy atom. The Morgan fingerprint density at radius 1 is 1.24 bits per heavy atom. The largest absolute Gasteiger partial charge is 0.508 e. The predicted molar refractivity (Wildman–Crippen MR) is 77.0 cm³/mol. The Balaban J connectivity index is 2.27. The molecule has 0 aliphatic carbocycles. The number of amides is 1. The van der Waals surface area contributed by atoms with Gasteiger partial charge in [0.1, 0.15) is 11.3 Å². The van der Waals surface area contributed by atoms with Crippen molar-refractivity contribution in [3.63, 3.8) is 0 Å². The lowest BCUT2D eigenvalue weighted by molar-refractivity contribution is -0.385. The van der Waals surface area contributed by atoms with Crippen LogP contribution in [0.5, 0.6) is 5.75 Å². The van der Waals surface area contributed by atoms with Crippen LogP contribution in [0.2, 0.25) is 0 Å². The van der Waals surface area contributed by atoms with Crippen LogP contribution >= 0.6 is 0 Å². The van der Waals surface area contributed by atoms with Gasteiger partial charge in [-0.2, -0.15) is 0 Å². The van der Waals surface area contributed by atoms with Crippen LogP contribution in [0, 0.1) is 10.1 Å². The van der Waals surface area contributed by atoms with Crippen molar-refractivity contribution in [1.82, 2.24) is 4.90 Å². The Labute approximate surface area is 121 Å². The lowest BCUT2D eigenvalue weighted by Crippen LogP contribution is -2.26. The van der Waals surface area contributed by atoms with Crippen molar-refractivity contribution >= 4 is 11.6 Å². The molecule has 0 saturated heterocycles. The minimum Gasteiger partial charge on any atom is -0.508 e. The molecule has 2 aromatic carbocycles. The molecule has 6 heteroatoms. The van der Waals surface area contributed by atoms with Crippen LogP contribution in [-0.2, 0) is 6.54 Å². The Hall–Kier alpha value is -2.89. The molecule has 0 heterocycles. The maximum absolute atomic E-state index is 12.3. The molecule has 2 rings (SSSR count). The molecule has 0 atom stereocenters. The standard InChI is InChI=1S/C15H14N2O4/c1-16(10-11-5-3-2-4-6-11)15(19)13-9-12(18)7-8-14(13)17(20)21/h2-9,18H,10H2,1H3. The highest BCUT2D eigenvalue weighted by atomic mass is 16.6. The SMILES string of the molecule is CN(Cc1ccccc1)C(=O)c1cc(O)ccc1[N+](=O)[O-]. The van der Waals surface area contributed by atoms with Crippen molar-refractivity contribution in [2.45, 2.75) is 6.54 Å². The molecule has 0 bridgehead atoms. The third kappa shape index (κ3) is 3.36. The first-order valence-corrected chi connectivity index (χ1v) is 6.26. The quantitative estimate of drug-likeness (QED) is 0.691. The summed E-state index contributed by atoms with van der Waals surface area (Å²) in [5, 5.41) is 20.4. The highest BCUT2D eigenvalue weighted by Gasteiger charge is 2.23. The van der Waals surface area contributed by atoms with E-state index in [-0.39, 0.29) is 17.0 Å². The average Bonchev–Trinajstić information content (AvgIpc) is 2.47. The second-order valence-electron chi connectivity index (χ2n) is 4.61. The molecule has 0 radical (unpaired) electrons. The van der Waals surface area contributed by atoms with Gasteiger partial charge < -0.3 is 10.0 Å². The minimum atomic E-state index is -0.636. The summed E-state index contributed by atoms with van der Waals surface area (Å²) < 4.78 is 0. The molecule has 108 valence electrons. The molecular formula is C15H14N2O4. The van der Waals surface area contributed by atoms with E-state index in [9.17, 15) is 20.0 Å². The number of nitro benzene ring substituents is 1. The van der Waals surface area contributed by atoms with E-state index >= 15 is 0 Å². The van der Waals surface area contributed by atoms with Gasteiger partial charge in [-0.3, -0.25) is 14.9 Å². The van der Waals surface area contributed by atoms with Crippen LogP contribution in [-0.4, -0.2) is 27.9 Å². The maximum atomic E-state index is 12.3. The molecule has 0 aliphatic heterocycles. The minimum absolute atomic E-state index is 0.126. The van der Waals surface area contributed by atoms with Gasteiger partial charge in [0.25, 0.3) is 11.6 Å². The lowest BCUT2D eigenvalue weighted by Gasteiger charge is -2.17. The van der Waals surface area contributed by atoms with Crippen molar-refractivity contribution in [2.75, 3.05) is 7.05 Å². The number of hydrogen-bond donors (Lipinski definition) is 1. The fraction of sp³-hybridized carbons (Fsp3) is 0.133. The van der Waals surface area contributed by atoms with E-state index in [1.807, 2.05) is 30.3 Å². The summed E-state index contributed by atoms with van der Waals surface area (Å²) in [4.78, 5) is 24.0. The zero-order valence-electron chi connectivity index (χ0n) is 11.4. The van der Waals surface area contributed by atoms with E-state index in [1.54, 1.807) is 7.05 Å². The van der Waals surface area contributed by atoms with Gasteiger partial charge in [-0.25, -0.2) is 0 Å². The van der Waals surface area contributed by atoms with Crippen molar-refractivity contribution in [2.24, 2.45) is 0 Å². The number of carbonyl (C=O) groups excluding carboxylic acids is 1. The van der Waals surface area contributed by atoms with Gasteiger partial charge in [0.2, 0.25) is 0 Å². The van der Waals surface area contributed by atoms with Crippen LogP contribution in [0.4, 0.5) is 5.69 Å². The monoisotopic (exact) mass is 286 g/mol. The first-order valence-electron chi connectivity index (χ1n) is 6.26. The second-order valence-corrected chi connectivity index (χ2v) is 4.61. The topological polar surface area (TPSA) is 83.7 Å². The zero-order chi connectivity index (χ0) is 15.4. The number of nitro groups is 1. The maximum Gasteiger partial charge on any atom is 0.282 e. The molecule has 0 saturated carbocycles. The summed E-state index contributed by atoms with van der Waals surface area (Å²) in [6.45, 7) is 0.326. The van der Waals surface area contributed by atoms with Gasteiger partial charge in [-0.1, -0.05) is 30.3 Å². The molecule has 0 aliphatic rings. The third-order valence-electron chi connectivity index (χ3n) is 3.02. The molecule has 1 amide bonds. The number of hydrogen-bond acceptors (Lipinski definition) is 4. The van der Waals surface area contributed by atoms with E-state index < -0.39 is 10.8 Å². The zero-order valence-corrected chi connectivity index (χ0v) is 11.4. The van der Waals surface area contributed by atoms with Crippen molar-refractivity contribution < 1.29 is 14.8 Å². The molecule has 0 spiro atoms. The highest BCUT2D eigenvalue weighted by Crippen LogP contribution is 2.24. The van der Waals surface area contributed by atoms with Crippen molar-refractivity contribution in [3.05, 3.63) is 69.8 Å². The highest BCUT2D eigenvalue weighted by molar-refractivity contribution is 5.98. The van der Waals surface area contributed by atoms with E-state index in [0.29, 0.717) is 6.54 Å². The van der Waals surface area contributed by atoms with Gasteiger partial charge >= 0.3 is 0 Å². The predicted octanol–water partition coefficient (Wildman–Crippen LogP) is 2.57. The normalized spacial score (nSPS) is 10.1. The van der Waals surface area contributed by atoms with E-state index in [4.69, 9.17) is 0 Å². The third-order valence-corrected chi connectivity index (χ3v) is 3.02. The van der Waals surface area contributed by atoms with Gasteiger partial charge in [-0.15, -0.1) is 0 Å².